The van der Waals surface area contributed by atoms with E-state index in [4.69, 9.17) is 9.47 Å². The zero-order valence-electron chi connectivity index (χ0n) is 17.2. The Morgan fingerprint density at radius 2 is 1.39 bits per heavy atom. The van der Waals surface area contributed by atoms with Gasteiger partial charge in [0.25, 0.3) is 0 Å². The number of hydrogen-bond acceptors (Lipinski definition) is 3. The summed E-state index contributed by atoms with van der Waals surface area (Å²) in [5.74, 6) is 1.70. The Bertz CT molecular complexity index is 930. The first-order valence-electron chi connectivity index (χ1n) is 10.6. The van der Waals surface area contributed by atoms with Gasteiger partial charge in [-0.3, -0.25) is 4.79 Å². The average molecular weight is 445 g/mol. The highest BCUT2D eigenvalue weighted by molar-refractivity contribution is 9.09. The zero-order valence-corrected chi connectivity index (χ0v) is 18.8. The minimum Gasteiger partial charge on any atom is -0.487 e. The molecule has 0 aliphatic heterocycles. The molecule has 1 atom stereocenters. The van der Waals surface area contributed by atoms with Crippen molar-refractivity contribution in [1.82, 2.24) is 0 Å². The molecule has 0 bridgehead atoms. The summed E-state index contributed by atoms with van der Waals surface area (Å²) in [6, 6.07) is 4.17. The third-order valence-corrected chi connectivity index (χ3v) is 6.57. The summed E-state index contributed by atoms with van der Waals surface area (Å²) in [4.78, 5) is 12.6. The molecule has 0 radical (unpaired) electrons. The van der Waals surface area contributed by atoms with Crippen LogP contribution in [0.4, 0.5) is 0 Å². The van der Waals surface area contributed by atoms with Crippen molar-refractivity contribution in [3.8, 4) is 11.5 Å². The first-order valence-corrected chi connectivity index (χ1v) is 11.5. The van der Waals surface area contributed by atoms with E-state index in [1.165, 1.54) is 47.8 Å². The second kappa shape index (κ2) is 7.70. The summed E-state index contributed by atoms with van der Waals surface area (Å²) in [6.45, 7) is 8.10. The Morgan fingerprint density at radius 3 is 1.96 bits per heavy atom. The Kier molecular flexibility index (Phi) is 5.43. The maximum absolute atomic E-state index is 12.8. The van der Waals surface area contributed by atoms with Gasteiger partial charge in [-0.2, -0.15) is 0 Å². The summed E-state index contributed by atoms with van der Waals surface area (Å²) in [5.41, 5.74) is 4.93. The number of fused-ring (bicyclic) bond motifs is 6. The number of aryl methyl sites for hydroxylation is 1. The van der Waals surface area contributed by atoms with Crippen molar-refractivity contribution in [2.45, 2.75) is 83.3 Å². The van der Waals surface area contributed by atoms with E-state index in [0.717, 1.165) is 35.3 Å². The van der Waals surface area contributed by atoms with Crippen LogP contribution in [0, 0.1) is 0 Å². The van der Waals surface area contributed by atoms with E-state index in [-0.39, 0.29) is 22.8 Å². The molecular weight excluding hydrogens is 416 g/mol. The van der Waals surface area contributed by atoms with Crippen LogP contribution >= 0.6 is 15.9 Å². The lowest BCUT2D eigenvalue weighted by molar-refractivity contribution is 0.0967. The van der Waals surface area contributed by atoms with E-state index in [0.29, 0.717) is 0 Å². The highest BCUT2D eigenvalue weighted by Crippen LogP contribution is 2.50. The van der Waals surface area contributed by atoms with Crippen molar-refractivity contribution in [1.29, 1.82) is 0 Å². The summed E-state index contributed by atoms with van der Waals surface area (Å²) in [7, 11) is 0. The number of halogens is 1. The minimum atomic E-state index is -0.152. The molecule has 4 heteroatoms. The third kappa shape index (κ3) is 3.34. The number of ketones is 1. The van der Waals surface area contributed by atoms with Crippen molar-refractivity contribution in [3.05, 3.63) is 34.4 Å². The van der Waals surface area contributed by atoms with Gasteiger partial charge < -0.3 is 9.47 Å². The number of ether oxygens (including phenoxy) is 2. The number of benzene rings is 2. The minimum absolute atomic E-state index is 0.0433. The van der Waals surface area contributed by atoms with Gasteiger partial charge in [0.1, 0.15) is 4.83 Å². The smallest absolute Gasteiger partial charge is 0.181 e. The van der Waals surface area contributed by atoms with Gasteiger partial charge in [0.2, 0.25) is 0 Å². The molecule has 2 aliphatic carbocycles. The first kappa shape index (κ1) is 19.8. The molecule has 0 saturated carbocycles. The second-order valence-electron chi connectivity index (χ2n) is 8.56. The molecule has 0 heterocycles. The van der Waals surface area contributed by atoms with Crippen LogP contribution in [-0.2, 0) is 12.8 Å². The highest BCUT2D eigenvalue weighted by atomic mass is 79.9. The predicted octanol–water partition coefficient (Wildman–Crippen LogP) is 6.71. The number of carbonyl (C=O) groups is 1. The van der Waals surface area contributed by atoms with Crippen LogP contribution in [0.5, 0.6) is 11.5 Å². The molecule has 150 valence electrons. The lowest BCUT2D eigenvalue weighted by Gasteiger charge is -2.33. The lowest BCUT2D eigenvalue weighted by Crippen LogP contribution is -2.26. The number of rotatable bonds is 4. The van der Waals surface area contributed by atoms with Gasteiger partial charge in [0.05, 0.1) is 12.2 Å². The summed E-state index contributed by atoms with van der Waals surface area (Å²) in [5, 5.41) is 2.21. The number of hydrogen-bond donors (Lipinski definition) is 0. The molecule has 4 rings (SSSR count). The van der Waals surface area contributed by atoms with Crippen LogP contribution in [0.15, 0.2) is 12.1 Å². The molecule has 28 heavy (non-hydrogen) atoms. The SMILES string of the molecule is CC(C)Oc1cc2c3c(c4c(c2cc1OC(C)C)C(=O)C4Br)CCCCCC3. The number of carbonyl (C=O) groups excluding carboxylic acids is 1. The summed E-state index contributed by atoms with van der Waals surface area (Å²) >= 11 is 3.63. The van der Waals surface area contributed by atoms with E-state index in [2.05, 4.69) is 22.0 Å². The van der Waals surface area contributed by atoms with Crippen molar-refractivity contribution in [2.75, 3.05) is 0 Å². The molecule has 0 N–H and O–H groups in total. The number of alkyl halides is 1. The van der Waals surface area contributed by atoms with E-state index < -0.39 is 0 Å². The fourth-order valence-corrected chi connectivity index (χ4v) is 5.32. The number of Topliss-reactive ketones (excluding diaryl/α,β-unsaturated/α-hetero) is 1. The van der Waals surface area contributed by atoms with Crippen LogP contribution in [-0.4, -0.2) is 18.0 Å². The van der Waals surface area contributed by atoms with Crippen molar-refractivity contribution in [2.24, 2.45) is 0 Å². The molecule has 2 aromatic rings. The van der Waals surface area contributed by atoms with Crippen LogP contribution in [0.3, 0.4) is 0 Å². The monoisotopic (exact) mass is 444 g/mol. The van der Waals surface area contributed by atoms with E-state index in [9.17, 15) is 4.79 Å². The van der Waals surface area contributed by atoms with E-state index >= 15 is 0 Å². The van der Waals surface area contributed by atoms with Gasteiger partial charge in [0.15, 0.2) is 17.3 Å². The van der Waals surface area contributed by atoms with Crippen LogP contribution in [0.1, 0.15) is 85.3 Å². The van der Waals surface area contributed by atoms with Crippen molar-refractivity contribution in [3.63, 3.8) is 0 Å². The molecule has 2 aromatic carbocycles. The average Bonchev–Trinajstić information content (AvgIpc) is 2.60. The molecule has 2 aliphatic rings. The Balaban J connectivity index is 2.00. The van der Waals surface area contributed by atoms with Gasteiger partial charge >= 0.3 is 0 Å². The maximum Gasteiger partial charge on any atom is 0.181 e. The van der Waals surface area contributed by atoms with Gasteiger partial charge in [-0.05, 0) is 93.0 Å². The van der Waals surface area contributed by atoms with Crippen LogP contribution in [0.25, 0.3) is 10.8 Å². The topological polar surface area (TPSA) is 35.5 Å². The molecule has 0 saturated heterocycles. The fourth-order valence-electron chi connectivity index (χ4n) is 4.58. The Labute approximate surface area is 175 Å². The Hall–Kier alpha value is -1.55. The second-order valence-corrected chi connectivity index (χ2v) is 9.48. The van der Waals surface area contributed by atoms with Gasteiger partial charge in [-0.15, -0.1) is 0 Å². The zero-order chi connectivity index (χ0) is 20.0. The van der Waals surface area contributed by atoms with Gasteiger partial charge in [-0.25, -0.2) is 0 Å². The molecule has 1 unspecified atom stereocenters. The van der Waals surface area contributed by atoms with Gasteiger partial charge in [-0.1, -0.05) is 28.8 Å². The molecule has 0 amide bonds. The van der Waals surface area contributed by atoms with Gasteiger partial charge in [0, 0.05) is 5.56 Å². The standard InChI is InChI=1S/C24H29BrO3/c1-13(2)27-19-11-17-15-9-7-5-6-8-10-16(15)21-22(24(26)23(21)25)18(17)12-20(19)28-14(3)4/h11-14,23H,5-10H2,1-4H3. The first-order chi connectivity index (χ1) is 13.4. The fraction of sp³-hybridized carbons (Fsp3) is 0.542. The van der Waals surface area contributed by atoms with E-state index in [1.54, 1.807) is 0 Å². The quantitative estimate of drug-likeness (QED) is 0.491. The van der Waals surface area contributed by atoms with Crippen molar-refractivity contribution < 1.29 is 14.3 Å². The largest absolute Gasteiger partial charge is 0.487 e. The summed E-state index contributed by atoms with van der Waals surface area (Å²) in [6.07, 6.45) is 7.19. The third-order valence-electron chi connectivity index (χ3n) is 5.70. The van der Waals surface area contributed by atoms with Crippen LogP contribution < -0.4 is 9.47 Å². The summed E-state index contributed by atoms with van der Waals surface area (Å²) < 4.78 is 12.2. The predicted molar refractivity (Wildman–Crippen MR) is 117 cm³/mol. The highest BCUT2D eigenvalue weighted by Gasteiger charge is 2.40. The molecule has 3 nitrogen and oxygen atoms in total. The lowest BCUT2D eigenvalue weighted by atomic mass is 9.74. The molecule has 0 aromatic heterocycles. The molecule has 0 spiro atoms. The van der Waals surface area contributed by atoms with E-state index in [1.807, 2.05) is 33.8 Å². The molecular formula is C24H29BrO3. The normalized spacial score (nSPS) is 19.1. The van der Waals surface area contributed by atoms with Crippen LogP contribution in [0.2, 0.25) is 0 Å². The van der Waals surface area contributed by atoms with Crippen molar-refractivity contribution >= 4 is 32.5 Å². The maximum atomic E-state index is 12.8. The Morgan fingerprint density at radius 1 is 0.857 bits per heavy atom. The molecule has 0 fully saturated rings.